The number of ketones is 1. The molecule has 26 heavy (non-hydrogen) atoms. The van der Waals surface area contributed by atoms with Crippen molar-refractivity contribution < 1.29 is 13.2 Å². The topological polar surface area (TPSA) is 75.9 Å². The number of benzene rings is 2. The Hall–Kier alpha value is -2.83. The maximum atomic E-state index is 12.6. The molecule has 0 N–H and O–H groups in total. The van der Waals surface area contributed by atoms with E-state index in [4.69, 9.17) is 11.6 Å². The molecule has 0 spiro atoms. The summed E-state index contributed by atoms with van der Waals surface area (Å²) in [6.45, 7) is 0. The third-order valence-corrected chi connectivity index (χ3v) is 5.01. The largest absolute Gasteiger partial charge is 0.290 e. The monoisotopic (exact) mass is 384 g/mol. The number of halogens is 1. The second-order valence-corrected chi connectivity index (χ2v) is 7.31. The van der Waals surface area contributed by atoms with Crippen molar-refractivity contribution >= 4 is 39.0 Å². The third-order valence-electron chi connectivity index (χ3n) is 3.43. The van der Waals surface area contributed by atoms with Gasteiger partial charge in [-0.15, -0.1) is 4.40 Å². The Bertz CT molecular complexity index is 1050. The molecular formula is C19H13ClN2O3S. The minimum absolute atomic E-state index is 0.0185. The molecule has 7 heteroatoms. The van der Waals surface area contributed by atoms with Gasteiger partial charge in [0.05, 0.1) is 15.6 Å². The second kappa shape index (κ2) is 7.59. The molecule has 0 saturated heterocycles. The van der Waals surface area contributed by atoms with Gasteiger partial charge in [0, 0.05) is 11.6 Å². The highest BCUT2D eigenvalue weighted by molar-refractivity contribution is 7.90. The molecule has 130 valence electrons. The van der Waals surface area contributed by atoms with E-state index < -0.39 is 10.0 Å². The van der Waals surface area contributed by atoms with E-state index in [1.807, 2.05) is 0 Å². The van der Waals surface area contributed by atoms with E-state index in [2.05, 4.69) is 9.39 Å². The molecule has 2 aromatic rings. The van der Waals surface area contributed by atoms with Crippen molar-refractivity contribution in [3.63, 3.8) is 0 Å². The summed E-state index contributed by atoms with van der Waals surface area (Å²) >= 11 is 6.05. The van der Waals surface area contributed by atoms with Gasteiger partial charge >= 0.3 is 0 Å². The van der Waals surface area contributed by atoms with Crippen LogP contribution in [0.2, 0.25) is 0 Å². The predicted octanol–water partition coefficient (Wildman–Crippen LogP) is 3.52. The van der Waals surface area contributed by atoms with E-state index in [1.165, 1.54) is 30.4 Å². The average Bonchev–Trinajstić information content (AvgIpc) is 2.64. The van der Waals surface area contributed by atoms with Crippen LogP contribution < -0.4 is 0 Å². The lowest BCUT2D eigenvalue weighted by Gasteiger charge is -2.07. The molecule has 1 aliphatic rings. The number of sulfonamides is 1. The number of nitrogens with zero attached hydrogens (tertiary/aromatic N) is 2. The van der Waals surface area contributed by atoms with E-state index in [0.717, 1.165) is 0 Å². The van der Waals surface area contributed by atoms with Gasteiger partial charge in [-0.3, -0.25) is 4.79 Å². The van der Waals surface area contributed by atoms with Crippen LogP contribution >= 0.6 is 11.6 Å². The lowest BCUT2D eigenvalue weighted by molar-refractivity contribution is -0.110. The Kier molecular flexibility index (Phi) is 5.25. The Morgan fingerprint density at radius 2 is 1.50 bits per heavy atom. The first kappa shape index (κ1) is 18.0. The zero-order chi connectivity index (χ0) is 18.6. The molecule has 0 saturated carbocycles. The molecule has 0 bridgehead atoms. The summed E-state index contributed by atoms with van der Waals surface area (Å²) in [5, 5.41) is 0.123. The Morgan fingerprint density at radius 1 is 0.885 bits per heavy atom. The van der Waals surface area contributed by atoms with Crippen molar-refractivity contribution in [1.29, 1.82) is 0 Å². The van der Waals surface area contributed by atoms with Crippen molar-refractivity contribution in [3.05, 3.63) is 89.5 Å². The zero-order valence-electron chi connectivity index (χ0n) is 13.4. The first-order valence-corrected chi connectivity index (χ1v) is 9.41. The van der Waals surface area contributed by atoms with Crippen molar-refractivity contribution in [3.8, 4) is 0 Å². The molecule has 2 aromatic carbocycles. The molecule has 0 aliphatic heterocycles. The van der Waals surface area contributed by atoms with Gasteiger partial charge in [0.2, 0.25) is 0 Å². The Balaban J connectivity index is 2.13. The Morgan fingerprint density at radius 3 is 2.12 bits per heavy atom. The Labute approximate surface area is 156 Å². The van der Waals surface area contributed by atoms with Gasteiger partial charge in [-0.1, -0.05) is 60.1 Å². The number of rotatable bonds is 3. The predicted molar refractivity (Wildman–Crippen MR) is 102 cm³/mol. The number of amidine groups is 1. The highest BCUT2D eigenvalue weighted by Crippen LogP contribution is 2.17. The number of allylic oxidation sites excluding steroid dienone is 4. The average molecular weight is 385 g/mol. The number of hydrogen-bond acceptors (Lipinski definition) is 3. The number of carbonyl (C=O) groups excluding carboxylic acids is 1. The van der Waals surface area contributed by atoms with Crippen LogP contribution in [-0.2, 0) is 14.8 Å². The number of aliphatic imine (C=N–C) groups is 1. The van der Waals surface area contributed by atoms with Crippen LogP contribution in [0.5, 0.6) is 0 Å². The van der Waals surface area contributed by atoms with Crippen molar-refractivity contribution in [1.82, 2.24) is 0 Å². The van der Waals surface area contributed by atoms with E-state index in [-0.39, 0.29) is 27.3 Å². The normalized spacial score (nSPS) is 16.7. The molecule has 0 amide bonds. The van der Waals surface area contributed by atoms with Gasteiger partial charge in [-0.25, -0.2) is 4.99 Å². The summed E-state index contributed by atoms with van der Waals surface area (Å²) in [6, 6.07) is 16.5. The van der Waals surface area contributed by atoms with Gasteiger partial charge in [0.25, 0.3) is 10.0 Å². The fourth-order valence-electron chi connectivity index (χ4n) is 2.18. The summed E-state index contributed by atoms with van der Waals surface area (Å²) in [7, 11) is -3.96. The smallest absolute Gasteiger partial charge is 0.284 e. The van der Waals surface area contributed by atoms with Gasteiger partial charge in [-0.2, -0.15) is 8.42 Å². The first-order valence-electron chi connectivity index (χ1n) is 7.59. The van der Waals surface area contributed by atoms with Crippen LogP contribution in [0.1, 0.15) is 5.56 Å². The third kappa shape index (κ3) is 4.22. The van der Waals surface area contributed by atoms with E-state index in [9.17, 15) is 13.2 Å². The molecule has 5 nitrogen and oxygen atoms in total. The van der Waals surface area contributed by atoms with E-state index in [0.29, 0.717) is 5.56 Å². The number of carbonyl (C=O) groups is 1. The van der Waals surface area contributed by atoms with Gasteiger partial charge < -0.3 is 0 Å². The molecule has 0 fully saturated rings. The molecule has 0 unspecified atom stereocenters. The highest BCUT2D eigenvalue weighted by atomic mass is 35.5. The summed E-state index contributed by atoms with van der Waals surface area (Å²) in [4.78, 5) is 15.7. The van der Waals surface area contributed by atoms with Crippen molar-refractivity contribution in [2.75, 3.05) is 0 Å². The fraction of sp³-hybridized carbons (Fsp3) is 0. The lowest BCUT2D eigenvalue weighted by atomic mass is 10.1. The maximum absolute atomic E-state index is 12.6. The number of hydrogen-bond donors (Lipinski definition) is 0. The standard InChI is InChI=1S/C19H13ClN2O3S/c20-17-13-15(23)11-12-18(17)21-19(14-7-3-1-4-8-14)22-26(24,25)16-9-5-2-6-10-16/h1-13H. The molecule has 0 aromatic heterocycles. The molecular weight excluding hydrogens is 372 g/mol. The van der Waals surface area contributed by atoms with Crippen LogP contribution in [0, 0.1) is 0 Å². The summed E-state index contributed by atoms with van der Waals surface area (Å²) < 4.78 is 29.1. The van der Waals surface area contributed by atoms with E-state index >= 15 is 0 Å². The van der Waals surface area contributed by atoms with Gasteiger partial charge in [-0.05, 0) is 24.3 Å². The molecule has 0 radical (unpaired) electrons. The van der Waals surface area contributed by atoms with Crippen LogP contribution in [0.4, 0.5) is 0 Å². The molecule has 3 rings (SSSR count). The van der Waals surface area contributed by atoms with Crippen LogP contribution in [0.15, 0.2) is 98.2 Å². The first-order chi connectivity index (χ1) is 12.5. The van der Waals surface area contributed by atoms with Crippen LogP contribution in [0.3, 0.4) is 0 Å². The van der Waals surface area contributed by atoms with Crippen molar-refractivity contribution in [2.24, 2.45) is 9.39 Å². The van der Waals surface area contributed by atoms with Crippen molar-refractivity contribution in [2.45, 2.75) is 4.90 Å². The quantitative estimate of drug-likeness (QED) is 0.461. The molecule has 0 heterocycles. The van der Waals surface area contributed by atoms with Crippen LogP contribution in [-0.4, -0.2) is 25.7 Å². The zero-order valence-corrected chi connectivity index (χ0v) is 15.0. The minimum atomic E-state index is -3.96. The summed E-state index contributed by atoms with van der Waals surface area (Å²) in [6.07, 6.45) is 3.95. The van der Waals surface area contributed by atoms with Crippen LogP contribution in [0.25, 0.3) is 0 Å². The second-order valence-electron chi connectivity index (χ2n) is 5.29. The lowest BCUT2D eigenvalue weighted by Crippen LogP contribution is -2.10. The fourth-order valence-corrected chi connectivity index (χ4v) is 3.37. The summed E-state index contributed by atoms with van der Waals surface area (Å²) in [5.41, 5.74) is 0.770. The molecule has 0 atom stereocenters. The summed E-state index contributed by atoms with van der Waals surface area (Å²) in [5.74, 6) is -0.279. The van der Waals surface area contributed by atoms with Gasteiger partial charge in [0.1, 0.15) is 0 Å². The van der Waals surface area contributed by atoms with E-state index in [1.54, 1.807) is 48.5 Å². The maximum Gasteiger partial charge on any atom is 0.284 e. The SMILES string of the molecule is O=C1C=CC(=NC(=NS(=O)(=O)c2ccccc2)c2ccccc2)C(Cl)=C1. The minimum Gasteiger partial charge on any atom is -0.290 e. The molecule has 1 aliphatic carbocycles. The van der Waals surface area contributed by atoms with Gasteiger partial charge in [0.15, 0.2) is 11.6 Å². The highest BCUT2D eigenvalue weighted by Gasteiger charge is 2.17.